The van der Waals surface area contributed by atoms with E-state index in [9.17, 15) is 10.2 Å². The molecule has 3 aromatic heterocycles. The molecule has 0 unspecified atom stereocenters. The van der Waals surface area contributed by atoms with Crippen LogP contribution in [0.4, 0.5) is 5.82 Å². The number of anilines is 1. The molecule has 5 rings (SSSR count). The molecule has 0 amide bonds. The lowest BCUT2D eigenvalue weighted by atomic mass is 10.1. The molecule has 13 heteroatoms. The molecule has 4 heterocycles. The SMILES string of the molecule is CCn1nnc([C@H]2O[C@@H](n3cnc4c(NCc5cccc(Br)c5)ncnc43)[C@H](O)[C@@H]2O)n1. The van der Waals surface area contributed by atoms with E-state index in [2.05, 4.69) is 51.6 Å². The van der Waals surface area contributed by atoms with Crippen LogP contribution in [0, 0.1) is 0 Å². The highest BCUT2D eigenvalue weighted by molar-refractivity contribution is 9.10. The Balaban J connectivity index is 1.40. The van der Waals surface area contributed by atoms with Gasteiger partial charge < -0.3 is 20.3 Å². The van der Waals surface area contributed by atoms with Gasteiger partial charge in [-0.05, 0) is 29.8 Å². The highest BCUT2D eigenvalue weighted by Crippen LogP contribution is 2.38. The fraction of sp³-hybridized carbons (Fsp3) is 0.368. The summed E-state index contributed by atoms with van der Waals surface area (Å²) in [7, 11) is 0. The molecule has 3 N–H and O–H groups in total. The monoisotopic (exact) mass is 501 g/mol. The normalized spacial score (nSPS) is 23.1. The third-order valence-corrected chi connectivity index (χ3v) is 5.72. The molecule has 1 saturated heterocycles. The molecule has 166 valence electrons. The van der Waals surface area contributed by atoms with Gasteiger partial charge in [0.15, 0.2) is 29.3 Å². The van der Waals surface area contributed by atoms with Crippen LogP contribution in [0.15, 0.2) is 41.4 Å². The predicted octanol–water partition coefficient (Wildman–Crippen LogP) is 1.20. The fourth-order valence-electron chi connectivity index (χ4n) is 3.61. The van der Waals surface area contributed by atoms with Crippen molar-refractivity contribution in [3.05, 3.63) is 52.8 Å². The zero-order valence-electron chi connectivity index (χ0n) is 16.9. The van der Waals surface area contributed by atoms with Gasteiger partial charge in [0.1, 0.15) is 18.5 Å². The first-order chi connectivity index (χ1) is 15.5. The van der Waals surface area contributed by atoms with E-state index in [-0.39, 0.29) is 5.82 Å². The summed E-state index contributed by atoms with van der Waals surface area (Å²) in [6.45, 7) is 2.94. The van der Waals surface area contributed by atoms with Crippen molar-refractivity contribution in [1.29, 1.82) is 0 Å². The number of halogens is 1. The zero-order chi connectivity index (χ0) is 22.2. The maximum absolute atomic E-state index is 10.7. The Hall–Kier alpha value is -3.00. The number of hydrogen-bond acceptors (Lipinski definition) is 10. The van der Waals surface area contributed by atoms with Gasteiger partial charge in [-0.25, -0.2) is 15.0 Å². The number of nitrogens with one attached hydrogen (secondary N) is 1. The van der Waals surface area contributed by atoms with Gasteiger partial charge in [-0.3, -0.25) is 4.57 Å². The molecule has 1 aliphatic heterocycles. The lowest BCUT2D eigenvalue weighted by Crippen LogP contribution is -2.29. The molecule has 0 aliphatic carbocycles. The topological polar surface area (TPSA) is 149 Å². The van der Waals surface area contributed by atoms with E-state index in [0.29, 0.717) is 30.1 Å². The minimum atomic E-state index is -1.24. The number of tetrazole rings is 1. The first-order valence-corrected chi connectivity index (χ1v) is 10.8. The molecule has 1 fully saturated rings. The largest absolute Gasteiger partial charge is 0.387 e. The highest BCUT2D eigenvalue weighted by Gasteiger charge is 2.47. The standard InChI is InChI=1S/C19H20BrN9O3/c1-2-29-26-17(25-27-29)15-13(30)14(31)19(32-15)28-9-24-12-16(22-8-23-18(12)28)21-7-10-4-3-5-11(20)6-10/h3-6,8-9,13-15,19,30-31H,2,7H2,1H3,(H,21,22,23)/t13-,14+,15-,19+/m0/s1. The van der Waals surface area contributed by atoms with E-state index < -0.39 is 24.5 Å². The van der Waals surface area contributed by atoms with Crippen molar-refractivity contribution in [1.82, 2.24) is 39.7 Å². The maximum atomic E-state index is 10.7. The quantitative estimate of drug-likeness (QED) is 0.351. The number of aliphatic hydroxyl groups is 2. The third-order valence-electron chi connectivity index (χ3n) is 5.23. The lowest BCUT2D eigenvalue weighted by Gasteiger charge is -2.16. The van der Waals surface area contributed by atoms with E-state index >= 15 is 0 Å². The van der Waals surface area contributed by atoms with Crippen LogP contribution in [0.3, 0.4) is 0 Å². The number of aliphatic hydroxyl groups excluding tert-OH is 2. The Kier molecular flexibility index (Phi) is 5.55. The molecular weight excluding hydrogens is 482 g/mol. The molecular formula is C19H20BrN9O3. The van der Waals surface area contributed by atoms with Gasteiger partial charge >= 0.3 is 0 Å². The minimum absolute atomic E-state index is 0.205. The van der Waals surface area contributed by atoms with Crippen LogP contribution in [-0.4, -0.2) is 62.1 Å². The number of ether oxygens (including phenoxy) is 1. The Morgan fingerprint density at radius 2 is 2.06 bits per heavy atom. The third kappa shape index (κ3) is 3.72. The number of nitrogens with zero attached hydrogens (tertiary/aromatic N) is 8. The minimum Gasteiger partial charge on any atom is -0.387 e. The van der Waals surface area contributed by atoms with Crippen LogP contribution in [0.5, 0.6) is 0 Å². The van der Waals surface area contributed by atoms with Gasteiger partial charge in [-0.15, -0.1) is 10.2 Å². The molecule has 1 aliphatic rings. The molecule has 4 aromatic rings. The number of hydrogen-bond donors (Lipinski definition) is 3. The summed E-state index contributed by atoms with van der Waals surface area (Å²) in [6.07, 6.45) is -1.41. The van der Waals surface area contributed by atoms with Crippen molar-refractivity contribution in [2.24, 2.45) is 0 Å². The molecule has 32 heavy (non-hydrogen) atoms. The van der Waals surface area contributed by atoms with Gasteiger partial charge in [-0.1, -0.05) is 28.1 Å². The molecule has 0 bridgehead atoms. The average molecular weight is 502 g/mol. The molecule has 0 saturated carbocycles. The first kappa shape index (κ1) is 20.9. The fourth-order valence-corrected chi connectivity index (χ4v) is 4.05. The van der Waals surface area contributed by atoms with Gasteiger partial charge in [0.05, 0.1) is 12.9 Å². The Bertz CT molecular complexity index is 1250. The lowest BCUT2D eigenvalue weighted by molar-refractivity contribution is -0.0384. The summed E-state index contributed by atoms with van der Waals surface area (Å²) in [6, 6.07) is 7.93. The second-order valence-electron chi connectivity index (χ2n) is 7.29. The number of aryl methyl sites for hydroxylation is 1. The summed E-state index contributed by atoms with van der Waals surface area (Å²) in [5, 5.41) is 36.5. The molecule has 0 spiro atoms. The molecule has 4 atom stereocenters. The zero-order valence-corrected chi connectivity index (χ0v) is 18.5. The summed E-state index contributed by atoms with van der Waals surface area (Å²) >= 11 is 3.47. The maximum Gasteiger partial charge on any atom is 0.206 e. The smallest absolute Gasteiger partial charge is 0.206 e. The van der Waals surface area contributed by atoms with Crippen LogP contribution in [-0.2, 0) is 17.8 Å². The van der Waals surface area contributed by atoms with Crippen LogP contribution in [0.1, 0.15) is 30.6 Å². The molecule has 0 radical (unpaired) electrons. The number of fused-ring (bicyclic) bond motifs is 1. The van der Waals surface area contributed by atoms with Crippen LogP contribution in [0.25, 0.3) is 11.2 Å². The van der Waals surface area contributed by atoms with Crippen LogP contribution < -0.4 is 5.32 Å². The predicted molar refractivity (Wildman–Crippen MR) is 115 cm³/mol. The number of aromatic nitrogens is 8. The summed E-state index contributed by atoms with van der Waals surface area (Å²) in [5.41, 5.74) is 2.05. The van der Waals surface area contributed by atoms with E-state index in [0.717, 1.165) is 10.0 Å². The Morgan fingerprint density at radius 1 is 1.19 bits per heavy atom. The number of imidazole rings is 1. The second-order valence-corrected chi connectivity index (χ2v) is 8.21. The van der Waals surface area contributed by atoms with Gasteiger partial charge in [0.2, 0.25) is 5.82 Å². The summed E-state index contributed by atoms with van der Waals surface area (Å²) in [4.78, 5) is 14.4. The first-order valence-electron chi connectivity index (χ1n) is 10.00. The summed E-state index contributed by atoms with van der Waals surface area (Å²) < 4.78 is 8.48. The number of rotatable bonds is 6. The molecule has 1 aromatic carbocycles. The second kappa shape index (κ2) is 8.50. The summed E-state index contributed by atoms with van der Waals surface area (Å²) in [5.74, 6) is 0.752. The highest BCUT2D eigenvalue weighted by atomic mass is 79.9. The van der Waals surface area contributed by atoms with Crippen molar-refractivity contribution in [2.75, 3.05) is 5.32 Å². The van der Waals surface area contributed by atoms with Crippen LogP contribution >= 0.6 is 15.9 Å². The van der Waals surface area contributed by atoms with Gasteiger partial charge in [0.25, 0.3) is 0 Å². The van der Waals surface area contributed by atoms with Crippen molar-refractivity contribution in [2.45, 2.75) is 44.6 Å². The van der Waals surface area contributed by atoms with E-state index in [4.69, 9.17) is 4.74 Å². The Labute approximate surface area is 190 Å². The Morgan fingerprint density at radius 3 is 2.84 bits per heavy atom. The number of benzene rings is 1. The van der Waals surface area contributed by atoms with E-state index in [1.54, 1.807) is 4.57 Å². The van der Waals surface area contributed by atoms with E-state index in [1.165, 1.54) is 17.5 Å². The molecule has 12 nitrogen and oxygen atoms in total. The van der Waals surface area contributed by atoms with Gasteiger partial charge in [-0.2, -0.15) is 4.80 Å². The van der Waals surface area contributed by atoms with E-state index in [1.807, 2.05) is 31.2 Å². The van der Waals surface area contributed by atoms with Crippen molar-refractivity contribution in [3.8, 4) is 0 Å². The van der Waals surface area contributed by atoms with Gasteiger partial charge in [0, 0.05) is 11.0 Å². The average Bonchev–Trinajstić information content (AvgIpc) is 3.51. The van der Waals surface area contributed by atoms with Crippen molar-refractivity contribution < 1.29 is 14.9 Å². The van der Waals surface area contributed by atoms with Crippen LogP contribution in [0.2, 0.25) is 0 Å². The van der Waals surface area contributed by atoms with Crippen molar-refractivity contribution in [3.63, 3.8) is 0 Å². The van der Waals surface area contributed by atoms with Crippen molar-refractivity contribution >= 4 is 32.9 Å².